The third kappa shape index (κ3) is 2.00. The van der Waals surface area contributed by atoms with Crippen molar-refractivity contribution in [3.05, 3.63) is 22.4 Å². The highest BCUT2D eigenvalue weighted by Gasteiger charge is 2.25. The Hall–Kier alpha value is -0.610. The van der Waals surface area contributed by atoms with E-state index in [1.807, 2.05) is 6.07 Å². The van der Waals surface area contributed by atoms with Crippen LogP contribution in [0.4, 0.5) is 0 Å². The second-order valence-corrected chi connectivity index (χ2v) is 3.94. The van der Waals surface area contributed by atoms with Gasteiger partial charge < -0.3 is 10.5 Å². The van der Waals surface area contributed by atoms with E-state index in [1.165, 1.54) is 0 Å². The highest BCUT2D eigenvalue weighted by atomic mass is 79.9. The fraction of sp³-hybridized carbons (Fsp3) is 0.444. The molecule has 0 amide bonds. The van der Waals surface area contributed by atoms with Gasteiger partial charge in [-0.25, -0.2) is 0 Å². The summed E-state index contributed by atoms with van der Waals surface area (Å²) in [4.78, 5) is 4.16. The molecule has 1 aliphatic carbocycles. The summed E-state index contributed by atoms with van der Waals surface area (Å²) in [5, 5.41) is 0. The van der Waals surface area contributed by atoms with Crippen LogP contribution in [0.15, 0.2) is 16.7 Å². The summed E-state index contributed by atoms with van der Waals surface area (Å²) in [6.07, 6.45) is 4.40. The Bertz CT molecular complexity index is 312. The van der Waals surface area contributed by atoms with E-state index in [-0.39, 0.29) is 0 Å². The molecule has 1 aromatic heterocycles. The van der Waals surface area contributed by atoms with Crippen molar-refractivity contribution in [1.82, 2.24) is 4.98 Å². The van der Waals surface area contributed by atoms with E-state index in [1.54, 1.807) is 6.20 Å². The molecule has 0 aromatic carbocycles. The Kier molecular flexibility index (Phi) is 2.51. The molecule has 1 fully saturated rings. The largest absolute Gasteiger partial charge is 0.487 e. The fourth-order valence-electron chi connectivity index (χ4n) is 1.09. The molecule has 0 atom stereocenters. The van der Waals surface area contributed by atoms with Gasteiger partial charge in [0.25, 0.3) is 0 Å². The van der Waals surface area contributed by atoms with Crippen molar-refractivity contribution in [1.29, 1.82) is 0 Å². The summed E-state index contributed by atoms with van der Waals surface area (Å²) < 4.78 is 6.63. The molecule has 13 heavy (non-hydrogen) atoms. The van der Waals surface area contributed by atoms with Crippen molar-refractivity contribution in [3.63, 3.8) is 0 Å². The van der Waals surface area contributed by atoms with Gasteiger partial charge in [-0.2, -0.15) is 0 Å². The molecule has 4 heteroatoms. The maximum Gasteiger partial charge on any atom is 0.156 e. The molecule has 3 nitrogen and oxygen atoms in total. The molecule has 0 aliphatic heterocycles. The van der Waals surface area contributed by atoms with Crippen LogP contribution in [-0.2, 0) is 6.54 Å². The number of halogens is 1. The van der Waals surface area contributed by atoms with E-state index in [0.29, 0.717) is 12.6 Å². The molecule has 1 aliphatic rings. The Morgan fingerprint density at radius 2 is 2.38 bits per heavy atom. The zero-order valence-electron chi connectivity index (χ0n) is 7.16. The zero-order valence-corrected chi connectivity index (χ0v) is 8.75. The minimum atomic E-state index is 0.380. The monoisotopic (exact) mass is 242 g/mol. The van der Waals surface area contributed by atoms with Crippen LogP contribution in [0.5, 0.6) is 5.75 Å². The summed E-state index contributed by atoms with van der Waals surface area (Å²) in [5.74, 6) is 0.813. The molecule has 0 unspecified atom stereocenters. The number of hydrogen-bond donors (Lipinski definition) is 1. The number of ether oxygens (including phenoxy) is 1. The van der Waals surface area contributed by atoms with Crippen molar-refractivity contribution in [2.75, 3.05) is 0 Å². The molecule has 1 saturated carbocycles. The molecule has 2 N–H and O–H groups in total. The molecular formula is C9H11BrN2O. The second-order valence-electron chi connectivity index (χ2n) is 3.09. The number of rotatable bonds is 3. The first-order valence-electron chi connectivity index (χ1n) is 4.31. The summed E-state index contributed by atoms with van der Waals surface area (Å²) in [7, 11) is 0. The SMILES string of the molecule is NCc1nccc(Br)c1OC1CC1. The zero-order chi connectivity index (χ0) is 9.26. The predicted octanol–water partition coefficient (Wildman–Crippen LogP) is 1.84. The maximum atomic E-state index is 5.69. The number of pyridine rings is 1. The number of aromatic nitrogens is 1. The molecule has 0 spiro atoms. The third-order valence-electron chi connectivity index (χ3n) is 1.93. The van der Waals surface area contributed by atoms with Crippen LogP contribution < -0.4 is 10.5 Å². The van der Waals surface area contributed by atoms with Crippen LogP contribution in [0.25, 0.3) is 0 Å². The number of nitrogens with zero attached hydrogens (tertiary/aromatic N) is 1. The number of nitrogens with two attached hydrogens (primary N) is 1. The van der Waals surface area contributed by atoms with Crippen LogP contribution in [0, 0.1) is 0 Å². The Balaban J connectivity index is 2.27. The van der Waals surface area contributed by atoms with Crippen molar-refractivity contribution >= 4 is 15.9 Å². The highest BCUT2D eigenvalue weighted by molar-refractivity contribution is 9.10. The topological polar surface area (TPSA) is 48.1 Å². The van der Waals surface area contributed by atoms with Gasteiger partial charge in [0.1, 0.15) is 0 Å². The van der Waals surface area contributed by atoms with Crippen molar-refractivity contribution in [2.45, 2.75) is 25.5 Å². The molecule has 70 valence electrons. The molecule has 1 heterocycles. The molecule has 0 bridgehead atoms. The smallest absolute Gasteiger partial charge is 0.156 e. The lowest BCUT2D eigenvalue weighted by atomic mass is 10.3. The average molecular weight is 243 g/mol. The molecular weight excluding hydrogens is 232 g/mol. The van der Waals surface area contributed by atoms with Gasteiger partial charge in [0.05, 0.1) is 16.3 Å². The average Bonchev–Trinajstić information content (AvgIpc) is 2.92. The summed E-state index contributed by atoms with van der Waals surface area (Å²) in [5.41, 5.74) is 6.37. The van der Waals surface area contributed by atoms with E-state index < -0.39 is 0 Å². The van der Waals surface area contributed by atoms with Crippen LogP contribution >= 0.6 is 15.9 Å². The Morgan fingerprint density at radius 3 is 3.00 bits per heavy atom. The lowest BCUT2D eigenvalue weighted by molar-refractivity contribution is 0.296. The van der Waals surface area contributed by atoms with Crippen molar-refractivity contribution in [3.8, 4) is 5.75 Å². The maximum absolute atomic E-state index is 5.69. The highest BCUT2D eigenvalue weighted by Crippen LogP contribution is 2.33. The van der Waals surface area contributed by atoms with Gasteiger partial charge in [-0.05, 0) is 34.8 Å². The second kappa shape index (κ2) is 3.64. The van der Waals surface area contributed by atoms with Gasteiger partial charge in [0.2, 0.25) is 0 Å². The third-order valence-corrected chi connectivity index (χ3v) is 2.56. The normalized spacial score (nSPS) is 15.8. The van der Waals surface area contributed by atoms with E-state index in [2.05, 4.69) is 20.9 Å². The van der Waals surface area contributed by atoms with Crippen LogP contribution in [0.3, 0.4) is 0 Å². The lowest BCUT2D eigenvalue weighted by Gasteiger charge is -2.09. The first-order chi connectivity index (χ1) is 6.31. The van der Waals surface area contributed by atoms with E-state index in [0.717, 1.165) is 28.8 Å². The van der Waals surface area contributed by atoms with Crippen LogP contribution in [0.1, 0.15) is 18.5 Å². The van der Waals surface area contributed by atoms with Gasteiger partial charge in [0, 0.05) is 12.7 Å². The van der Waals surface area contributed by atoms with E-state index in [4.69, 9.17) is 10.5 Å². The van der Waals surface area contributed by atoms with E-state index in [9.17, 15) is 0 Å². The molecule has 1 aromatic rings. The van der Waals surface area contributed by atoms with Crippen LogP contribution in [-0.4, -0.2) is 11.1 Å². The standard InChI is InChI=1S/C9H11BrN2O/c10-7-3-4-12-8(5-11)9(7)13-6-1-2-6/h3-4,6H,1-2,5,11H2. The van der Waals surface area contributed by atoms with Crippen molar-refractivity contribution < 1.29 is 4.74 Å². The van der Waals surface area contributed by atoms with Crippen molar-refractivity contribution in [2.24, 2.45) is 5.73 Å². The van der Waals surface area contributed by atoms with E-state index >= 15 is 0 Å². The molecule has 2 rings (SSSR count). The Labute approximate surface area is 85.4 Å². The Morgan fingerprint density at radius 1 is 1.62 bits per heavy atom. The van der Waals surface area contributed by atoms with Gasteiger partial charge >= 0.3 is 0 Å². The summed E-state index contributed by atoms with van der Waals surface area (Å²) >= 11 is 3.42. The fourth-order valence-corrected chi connectivity index (χ4v) is 1.53. The first kappa shape index (κ1) is 8.97. The lowest BCUT2D eigenvalue weighted by Crippen LogP contribution is -2.06. The first-order valence-corrected chi connectivity index (χ1v) is 5.10. The minimum absolute atomic E-state index is 0.380. The van der Waals surface area contributed by atoms with Gasteiger partial charge in [-0.3, -0.25) is 4.98 Å². The minimum Gasteiger partial charge on any atom is -0.487 e. The van der Waals surface area contributed by atoms with Gasteiger partial charge in [-0.1, -0.05) is 0 Å². The predicted molar refractivity (Wildman–Crippen MR) is 53.5 cm³/mol. The van der Waals surface area contributed by atoms with Crippen LogP contribution in [0.2, 0.25) is 0 Å². The molecule has 0 radical (unpaired) electrons. The van der Waals surface area contributed by atoms with Gasteiger partial charge in [-0.15, -0.1) is 0 Å². The quantitative estimate of drug-likeness (QED) is 0.881. The van der Waals surface area contributed by atoms with Gasteiger partial charge in [0.15, 0.2) is 5.75 Å². The number of hydrogen-bond acceptors (Lipinski definition) is 3. The summed E-state index contributed by atoms with van der Waals surface area (Å²) in [6, 6.07) is 1.87. The molecule has 0 saturated heterocycles. The summed E-state index contributed by atoms with van der Waals surface area (Å²) in [6.45, 7) is 0.418.